The van der Waals surface area contributed by atoms with Crippen LogP contribution in [-0.2, 0) is 4.79 Å². The fourth-order valence-corrected chi connectivity index (χ4v) is 3.96. The second-order valence-electron chi connectivity index (χ2n) is 9.37. The van der Waals surface area contributed by atoms with Crippen LogP contribution in [0.5, 0.6) is 0 Å². The second-order valence-corrected chi connectivity index (χ2v) is 9.37. The van der Waals surface area contributed by atoms with E-state index in [2.05, 4.69) is 49.8 Å². The number of pyridine rings is 1. The molecule has 10 heteroatoms. The number of anilines is 1. The third kappa shape index (κ3) is 5.18. The van der Waals surface area contributed by atoms with E-state index in [0.717, 1.165) is 16.7 Å². The van der Waals surface area contributed by atoms with E-state index in [1.54, 1.807) is 12.4 Å². The Morgan fingerprint density at radius 3 is 2.51 bits per heavy atom. The molecule has 1 amide bonds. The summed E-state index contributed by atoms with van der Waals surface area (Å²) < 4.78 is 3.87. The van der Waals surface area contributed by atoms with Crippen molar-refractivity contribution in [3.63, 3.8) is 0 Å². The lowest BCUT2D eigenvalue weighted by Crippen LogP contribution is -2.33. The Balaban J connectivity index is 1.30. The molecule has 0 spiro atoms. The normalized spacial score (nSPS) is 13.4. The molecule has 0 atom stereocenters. The van der Waals surface area contributed by atoms with E-state index in [4.69, 9.17) is 0 Å². The van der Waals surface area contributed by atoms with Gasteiger partial charge in [-0.05, 0) is 45.4 Å². The minimum atomic E-state index is -0.314. The second kappa shape index (κ2) is 10.2. The molecule has 0 saturated carbocycles. The minimum Gasteiger partial charge on any atom is -0.383 e. The first kappa shape index (κ1) is 24.1. The van der Waals surface area contributed by atoms with E-state index < -0.39 is 0 Å². The van der Waals surface area contributed by atoms with Crippen molar-refractivity contribution in [2.75, 3.05) is 11.9 Å². The molecule has 188 valence electrons. The number of carbonyl (C=O) groups excluding carboxylic acids is 1. The van der Waals surface area contributed by atoms with E-state index in [-0.39, 0.29) is 11.9 Å². The van der Waals surface area contributed by atoms with Crippen LogP contribution in [0.3, 0.4) is 0 Å². The number of hydrogen-bond donors (Lipinski definition) is 2. The van der Waals surface area contributed by atoms with Crippen LogP contribution in [0.2, 0.25) is 0 Å². The number of aromatic nitrogens is 6. The molecule has 10 nitrogen and oxygen atoms in total. The first-order valence-electron chi connectivity index (χ1n) is 12.2. The Morgan fingerprint density at radius 2 is 1.78 bits per heavy atom. The molecule has 2 N–H and O–H groups in total. The monoisotopic (exact) mass is 495 g/mol. The van der Waals surface area contributed by atoms with Crippen molar-refractivity contribution >= 4 is 23.1 Å². The van der Waals surface area contributed by atoms with Crippen molar-refractivity contribution in [2.45, 2.75) is 39.8 Å². The largest absolute Gasteiger partial charge is 0.383 e. The average molecular weight is 496 g/mol. The van der Waals surface area contributed by atoms with Gasteiger partial charge in [0.2, 0.25) is 0 Å². The summed E-state index contributed by atoms with van der Waals surface area (Å²) in [5, 5.41) is 18.6. The summed E-state index contributed by atoms with van der Waals surface area (Å²) >= 11 is 0. The Hall–Kier alpha value is -4.60. The van der Waals surface area contributed by atoms with E-state index in [1.807, 2.05) is 78.1 Å². The van der Waals surface area contributed by atoms with Crippen LogP contribution in [0, 0.1) is 0 Å². The summed E-state index contributed by atoms with van der Waals surface area (Å²) in [7, 11) is 0. The summed E-state index contributed by atoms with van der Waals surface area (Å²) in [4.78, 5) is 22.2. The molecule has 0 unspecified atom stereocenters. The van der Waals surface area contributed by atoms with Crippen LogP contribution >= 0.6 is 0 Å². The van der Waals surface area contributed by atoms with Crippen molar-refractivity contribution in [3.05, 3.63) is 72.9 Å². The highest BCUT2D eigenvalue weighted by atomic mass is 16.2. The van der Waals surface area contributed by atoms with Crippen LogP contribution in [0.1, 0.15) is 45.3 Å². The fraction of sp³-hybridized carbons (Fsp3) is 0.259. The molecule has 1 aromatic carbocycles. The van der Waals surface area contributed by atoms with Gasteiger partial charge in [0.05, 0.1) is 18.4 Å². The van der Waals surface area contributed by atoms with Crippen molar-refractivity contribution in [3.8, 4) is 22.6 Å². The number of nitrogens with one attached hydrogen (secondary N) is 2. The fourth-order valence-electron chi connectivity index (χ4n) is 3.96. The highest BCUT2D eigenvalue weighted by molar-refractivity contribution is 6.44. The lowest BCUT2D eigenvalue weighted by atomic mass is 10.1. The molecule has 0 bridgehead atoms. The third-order valence-electron chi connectivity index (χ3n) is 6.02. The molecule has 4 heterocycles. The SMILES string of the molecule is CC(C)n1cc(-c2ccc(C3=CNCC(C(=O)Nc4cccc(-c5nncn5C(C)C)n4)=N3)cc2)cn1. The Bertz CT molecular complexity index is 1480. The van der Waals surface area contributed by atoms with Crippen LogP contribution in [0.4, 0.5) is 5.82 Å². The number of hydrogen-bond acceptors (Lipinski definition) is 7. The van der Waals surface area contributed by atoms with Gasteiger partial charge in [-0.2, -0.15) is 5.10 Å². The summed E-state index contributed by atoms with van der Waals surface area (Å²) in [5.74, 6) is 0.754. The maximum atomic E-state index is 13.0. The predicted molar refractivity (Wildman–Crippen MR) is 144 cm³/mol. The van der Waals surface area contributed by atoms with E-state index >= 15 is 0 Å². The first-order valence-corrected chi connectivity index (χ1v) is 12.2. The molecule has 0 aliphatic carbocycles. The van der Waals surface area contributed by atoms with Gasteiger partial charge in [-0.3, -0.25) is 9.48 Å². The van der Waals surface area contributed by atoms with Gasteiger partial charge in [0, 0.05) is 35.6 Å². The van der Waals surface area contributed by atoms with Crippen molar-refractivity contribution in [1.82, 2.24) is 34.8 Å². The lowest BCUT2D eigenvalue weighted by molar-refractivity contribution is -0.110. The van der Waals surface area contributed by atoms with Crippen LogP contribution in [0.15, 0.2) is 72.4 Å². The number of rotatable bonds is 7. The van der Waals surface area contributed by atoms with Crippen LogP contribution in [0.25, 0.3) is 28.3 Å². The summed E-state index contributed by atoms with van der Waals surface area (Å²) in [6.45, 7) is 8.61. The van der Waals surface area contributed by atoms with Gasteiger partial charge in [-0.15, -0.1) is 10.2 Å². The number of nitrogens with zero attached hydrogens (tertiary/aromatic N) is 7. The van der Waals surface area contributed by atoms with Crippen molar-refractivity contribution in [1.29, 1.82) is 0 Å². The maximum absolute atomic E-state index is 13.0. The highest BCUT2D eigenvalue weighted by Crippen LogP contribution is 2.25. The number of aliphatic imine (C=N–C) groups is 1. The van der Waals surface area contributed by atoms with Crippen LogP contribution in [-0.4, -0.2) is 47.7 Å². The Morgan fingerprint density at radius 1 is 1.00 bits per heavy atom. The van der Waals surface area contributed by atoms with Crippen molar-refractivity contribution in [2.24, 2.45) is 4.99 Å². The highest BCUT2D eigenvalue weighted by Gasteiger charge is 2.18. The minimum absolute atomic E-state index is 0.185. The molecule has 1 aliphatic heterocycles. The molecule has 0 fully saturated rings. The number of amides is 1. The molecule has 5 rings (SSSR count). The van der Waals surface area contributed by atoms with E-state index in [0.29, 0.717) is 41.3 Å². The average Bonchev–Trinajstić information content (AvgIpc) is 3.60. The topological polar surface area (TPSA) is 115 Å². The smallest absolute Gasteiger partial charge is 0.273 e. The van der Waals surface area contributed by atoms with E-state index in [9.17, 15) is 4.79 Å². The number of benzene rings is 1. The number of carbonyl (C=O) groups is 1. The summed E-state index contributed by atoms with van der Waals surface area (Å²) in [6.07, 6.45) is 7.40. The van der Waals surface area contributed by atoms with Crippen LogP contribution < -0.4 is 10.6 Å². The zero-order valence-electron chi connectivity index (χ0n) is 21.3. The van der Waals surface area contributed by atoms with Gasteiger partial charge < -0.3 is 15.2 Å². The van der Waals surface area contributed by atoms with Crippen molar-refractivity contribution < 1.29 is 4.79 Å². The molecule has 37 heavy (non-hydrogen) atoms. The zero-order valence-corrected chi connectivity index (χ0v) is 21.3. The molecular weight excluding hydrogens is 466 g/mol. The van der Waals surface area contributed by atoms with Gasteiger partial charge >= 0.3 is 0 Å². The van der Waals surface area contributed by atoms with Gasteiger partial charge in [0.15, 0.2) is 5.82 Å². The molecule has 3 aromatic heterocycles. The third-order valence-corrected chi connectivity index (χ3v) is 6.02. The predicted octanol–water partition coefficient (Wildman–Crippen LogP) is 4.35. The van der Waals surface area contributed by atoms with Gasteiger partial charge in [-0.1, -0.05) is 30.3 Å². The molecule has 0 saturated heterocycles. The van der Waals surface area contributed by atoms with Gasteiger partial charge in [0.25, 0.3) is 5.91 Å². The summed E-state index contributed by atoms with van der Waals surface area (Å²) in [6, 6.07) is 14.0. The molecular formula is C27H29N9O. The van der Waals surface area contributed by atoms with Gasteiger partial charge in [-0.25, -0.2) is 9.98 Å². The molecule has 1 aliphatic rings. The Labute approximate surface area is 215 Å². The summed E-state index contributed by atoms with van der Waals surface area (Å²) in [5.41, 5.74) is 4.73. The quantitative estimate of drug-likeness (QED) is 0.394. The maximum Gasteiger partial charge on any atom is 0.273 e. The standard InChI is InChI=1S/C27H29N9O/c1-17(2)35-16-29-34-26(35)22-6-5-7-25(32-22)33-27(37)24-14-28-13-23(31-24)20-10-8-19(9-11-20)21-12-30-36(15-21)18(3)4/h5-13,15-18,28H,14H2,1-4H3,(H,32,33,37). The van der Waals surface area contributed by atoms with E-state index in [1.165, 1.54) is 0 Å². The first-order chi connectivity index (χ1) is 17.9. The lowest BCUT2D eigenvalue weighted by Gasteiger charge is -2.15. The molecule has 4 aromatic rings. The zero-order chi connectivity index (χ0) is 25.9. The Kier molecular flexibility index (Phi) is 6.63. The van der Waals surface area contributed by atoms with Gasteiger partial charge in [0.1, 0.15) is 23.6 Å². The molecule has 0 radical (unpaired) electrons.